The van der Waals surface area contributed by atoms with Crippen molar-refractivity contribution < 1.29 is 9.47 Å². The first-order valence-electron chi connectivity index (χ1n) is 7.78. The monoisotopic (exact) mass is 320 g/mol. The molecule has 0 amide bonds. The van der Waals surface area contributed by atoms with E-state index in [9.17, 15) is 0 Å². The molecular weight excluding hydrogens is 300 g/mol. The molecule has 0 heterocycles. The van der Waals surface area contributed by atoms with Crippen LogP contribution in [0.25, 0.3) is 0 Å². The average molecular weight is 320 g/mol. The highest BCUT2D eigenvalue weighted by atomic mass is 16.5. The molecule has 2 N–H and O–H groups in total. The Balaban J connectivity index is 1.63. The minimum Gasteiger partial charge on any atom is -0.457 e. The van der Waals surface area contributed by atoms with Crippen LogP contribution in [0, 0.1) is 0 Å². The van der Waals surface area contributed by atoms with Crippen molar-refractivity contribution in [2.24, 2.45) is 0 Å². The third-order valence-electron chi connectivity index (χ3n) is 3.58. The number of nitrogens with one attached hydrogen (secondary N) is 2. The molecule has 0 saturated carbocycles. The molecule has 24 heavy (non-hydrogen) atoms. The highest BCUT2D eigenvalue weighted by Gasteiger charge is 2.01. The fraction of sp³-hybridized carbons (Fsp3) is 0.100. The predicted molar refractivity (Wildman–Crippen MR) is 98.6 cm³/mol. The van der Waals surface area contributed by atoms with Gasteiger partial charge in [-0.05, 0) is 72.8 Å². The van der Waals surface area contributed by atoms with Crippen LogP contribution in [0.2, 0.25) is 0 Å². The maximum Gasteiger partial charge on any atom is 0.127 e. The van der Waals surface area contributed by atoms with Gasteiger partial charge in [0.1, 0.15) is 23.0 Å². The molecule has 0 atom stereocenters. The van der Waals surface area contributed by atoms with Crippen molar-refractivity contribution in [2.75, 3.05) is 24.7 Å². The van der Waals surface area contributed by atoms with Crippen LogP contribution in [-0.2, 0) is 0 Å². The van der Waals surface area contributed by atoms with Crippen molar-refractivity contribution in [2.45, 2.75) is 0 Å². The molecule has 3 aromatic rings. The van der Waals surface area contributed by atoms with Gasteiger partial charge < -0.3 is 20.1 Å². The summed E-state index contributed by atoms with van der Waals surface area (Å²) in [4.78, 5) is 0. The second kappa shape index (κ2) is 7.42. The molecule has 0 radical (unpaired) electrons. The van der Waals surface area contributed by atoms with E-state index in [1.165, 1.54) is 0 Å². The van der Waals surface area contributed by atoms with Crippen LogP contribution in [0.3, 0.4) is 0 Å². The van der Waals surface area contributed by atoms with Crippen LogP contribution < -0.4 is 20.1 Å². The number of anilines is 2. The van der Waals surface area contributed by atoms with Crippen molar-refractivity contribution in [1.82, 2.24) is 0 Å². The zero-order valence-corrected chi connectivity index (χ0v) is 13.7. The van der Waals surface area contributed by atoms with Crippen LogP contribution in [0.5, 0.6) is 23.0 Å². The topological polar surface area (TPSA) is 42.5 Å². The minimum atomic E-state index is 0.769. The molecule has 4 nitrogen and oxygen atoms in total. The molecule has 0 fully saturated rings. The van der Waals surface area contributed by atoms with E-state index in [4.69, 9.17) is 9.47 Å². The van der Waals surface area contributed by atoms with Crippen molar-refractivity contribution in [1.29, 1.82) is 0 Å². The van der Waals surface area contributed by atoms with Crippen molar-refractivity contribution in [3.05, 3.63) is 72.8 Å². The van der Waals surface area contributed by atoms with E-state index in [0.717, 1.165) is 34.4 Å². The smallest absolute Gasteiger partial charge is 0.127 e. The van der Waals surface area contributed by atoms with E-state index in [0.29, 0.717) is 0 Å². The Morgan fingerprint density at radius 3 is 0.958 bits per heavy atom. The van der Waals surface area contributed by atoms with Crippen molar-refractivity contribution >= 4 is 11.4 Å². The van der Waals surface area contributed by atoms with Crippen molar-refractivity contribution in [3.63, 3.8) is 0 Å². The van der Waals surface area contributed by atoms with Gasteiger partial charge in [0, 0.05) is 25.5 Å². The first kappa shape index (κ1) is 15.7. The molecule has 0 saturated heterocycles. The Morgan fingerprint density at radius 2 is 0.708 bits per heavy atom. The summed E-state index contributed by atoms with van der Waals surface area (Å²) in [6, 6.07) is 23.2. The number of benzene rings is 3. The zero-order chi connectivity index (χ0) is 16.8. The third-order valence-corrected chi connectivity index (χ3v) is 3.58. The first-order chi connectivity index (χ1) is 11.8. The van der Waals surface area contributed by atoms with Gasteiger partial charge in [-0.2, -0.15) is 0 Å². The molecule has 0 spiro atoms. The maximum atomic E-state index is 5.82. The lowest BCUT2D eigenvalue weighted by Gasteiger charge is -2.09. The maximum absolute atomic E-state index is 5.82. The van der Waals surface area contributed by atoms with Gasteiger partial charge in [-0.15, -0.1) is 0 Å². The number of hydrogen-bond acceptors (Lipinski definition) is 4. The minimum absolute atomic E-state index is 0.769. The Morgan fingerprint density at radius 1 is 0.458 bits per heavy atom. The average Bonchev–Trinajstić information content (AvgIpc) is 2.65. The fourth-order valence-corrected chi connectivity index (χ4v) is 2.23. The second-order valence-corrected chi connectivity index (χ2v) is 5.22. The van der Waals surface area contributed by atoms with E-state index >= 15 is 0 Å². The lowest BCUT2D eigenvalue weighted by molar-refractivity contribution is 0.469. The van der Waals surface area contributed by atoms with Gasteiger partial charge in [-0.1, -0.05) is 0 Å². The Hall–Kier alpha value is -3.14. The van der Waals surface area contributed by atoms with Crippen molar-refractivity contribution in [3.8, 4) is 23.0 Å². The van der Waals surface area contributed by atoms with E-state index in [-0.39, 0.29) is 0 Å². The Kier molecular flexibility index (Phi) is 4.87. The van der Waals surface area contributed by atoms with Gasteiger partial charge >= 0.3 is 0 Å². The highest BCUT2D eigenvalue weighted by molar-refractivity contribution is 5.48. The quantitative estimate of drug-likeness (QED) is 0.642. The summed E-state index contributed by atoms with van der Waals surface area (Å²) in [6.07, 6.45) is 0. The molecule has 0 bridgehead atoms. The molecule has 0 aliphatic carbocycles. The molecule has 3 rings (SSSR count). The lowest BCUT2D eigenvalue weighted by atomic mass is 10.3. The van der Waals surface area contributed by atoms with Crippen LogP contribution in [0.4, 0.5) is 11.4 Å². The second-order valence-electron chi connectivity index (χ2n) is 5.22. The van der Waals surface area contributed by atoms with Gasteiger partial charge in [0.2, 0.25) is 0 Å². The summed E-state index contributed by atoms with van der Waals surface area (Å²) >= 11 is 0. The van der Waals surface area contributed by atoms with Crippen LogP contribution in [-0.4, -0.2) is 14.1 Å². The summed E-state index contributed by atoms with van der Waals surface area (Å²) in [5.41, 5.74) is 2.10. The molecule has 3 aromatic carbocycles. The fourth-order valence-electron chi connectivity index (χ4n) is 2.23. The Labute approximate surface area is 142 Å². The predicted octanol–water partition coefficient (Wildman–Crippen LogP) is 5.35. The Bertz CT molecular complexity index is 698. The van der Waals surface area contributed by atoms with Gasteiger partial charge in [-0.3, -0.25) is 0 Å². The summed E-state index contributed by atoms with van der Waals surface area (Å²) in [5, 5.41) is 6.16. The number of ether oxygens (including phenoxy) is 2. The van der Waals surface area contributed by atoms with E-state index in [1.807, 2.05) is 86.9 Å². The summed E-state index contributed by atoms with van der Waals surface area (Å²) in [5.74, 6) is 3.13. The first-order valence-corrected chi connectivity index (χ1v) is 7.78. The van der Waals surface area contributed by atoms with Gasteiger partial charge in [0.25, 0.3) is 0 Å². The standard InChI is InChI=1S/C20H20N2O2/c1-21-15-3-7-17(8-4-15)23-19-11-13-20(14-12-19)24-18-9-5-16(22-2)6-10-18/h3-14,21-22H,1-2H3. The molecule has 0 aliphatic heterocycles. The van der Waals surface area contributed by atoms with E-state index in [1.54, 1.807) is 0 Å². The molecule has 0 unspecified atom stereocenters. The molecule has 0 aromatic heterocycles. The van der Waals surface area contributed by atoms with Crippen LogP contribution >= 0.6 is 0 Å². The summed E-state index contributed by atoms with van der Waals surface area (Å²) in [6.45, 7) is 0. The number of hydrogen-bond donors (Lipinski definition) is 2. The van der Waals surface area contributed by atoms with Gasteiger partial charge in [0.05, 0.1) is 0 Å². The van der Waals surface area contributed by atoms with Crippen LogP contribution in [0.1, 0.15) is 0 Å². The third kappa shape index (κ3) is 3.98. The van der Waals surface area contributed by atoms with E-state index in [2.05, 4.69) is 10.6 Å². The summed E-state index contributed by atoms with van der Waals surface area (Å²) < 4.78 is 11.6. The zero-order valence-electron chi connectivity index (χ0n) is 13.7. The van der Waals surface area contributed by atoms with Gasteiger partial charge in [0.15, 0.2) is 0 Å². The van der Waals surface area contributed by atoms with Crippen LogP contribution in [0.15, 0.2) is 72.8 Å². The highest BCUT2D eigenvalue weighted by Crippen LogP contribution is 2.27. The summed E-state index contributed by atoms with van der Waals surface area (Å²) in [7, 11) is 3.78. The molecular formula is C20H20N2O2. The normalized spacial score (nSPS) is 10.1. The van der Waals surface area contributed by atoms with E-state index < -0.39 is 0 Å². The molecule has 4 heteroatoms. The number of rotatable bonds is 6. The van der Waals surface area contributed by atoms with Gasteiger partial charge in [-0.25, -0.2) is 0 Å². The molecule has 122 valence electrons. The molecule has 0 aliphatic rings. The SMILES string of the molecule is CNc1ccc(Oc2ccc(Oc3ccc(NC)cc3)cc2)cc1. The lowest BCUT2D eigenvalue weighted by Crippen LogP contribution is -1.89. The largest absolute Gasteiger partial charge is 0.457 e.